The van der Waals surface area contributed by atoms with Gasteiger partial charge in [-0.05, 0) is 34.1 Å². The summed E-state index contributed by atoms with van der Waals surface area (Å²) in [6.07, 6.45) is 5.09. The van der Waals surface area contributed by atoms with E-state index >= 15 is 0 Å². The summed E-state index contributed by atoms with van der Waals surface area (Å²) >= 11 is 3.37. The second kappa shape index (κ2) is 6.17. The first-order chi connectivity index (χ1) is 10.3. The van der Waals surface area contributed by atoms with Crippen molar-refractivity contribution < 1.29 is 4.79 Å². The SMILES string of the molecule is O=C(c1ncccc1Br)N1CCN(c2ncccn2)CC1. The Morgan fingerprint density at radius 3 is 2.33 bits per heavy atom. The Morgan fingerprint density at radius 2 is 1.67 bits per heavy atom. The van der Waals surface area contributed by atoms with E-state index in [1.54, 1.807) is 30.7 Å². The number of carbonyl (C=O) groups excluding carboxylic acids is 1. The van der Waals surface area contributed by atoms with Gasteiger partial charge in [0.2, 0.25) is 5.95 Å². The highest BCUT2D eigenvalue weighted by molar-refractivity contribution is 9.10. The van der Waals surface area contributed by atoms with Gasteiger partial charge >= 0.3 is 0 Å². The Morgan fingerprint density at radius 1 is 1.00 bits per heavy atom. The number of hydrogen-bond donors (Lipinski definition) is 0. The largest absolute Gasteiger partial charge is 0.337 e. The van der Waals surface area contributed by atoms with Crippen LogP contribution in [0.15, 0.2) is 41.3 Å². The van der Waals surface area contributed by atoms with Crippen molar-refractivity contribution in [2.75, 3.05) is 31.1 Å². The molecule has 0 aromatic carbocycles. The predicted octanol–water partition coefficient (Wildman–Crippen LogP) is 1.60. The molecular weight excluding hydrogens is 334 g/mol. The van der Waals surface area contributed by atoms with Gasteiger partial charge < -0.3 is 9.80 Å². The van der Waals surface area contributed by atoms with Gasteiger partial charge in [-0.3, -0.25) is 4.79 Å². The minimum Gasteiger partial charge on any atom is -0.337 e. The second-order valence-corrected chi connectivity index (χ2v) is 5.52. The number of hydrogen-bond acceptors (Lipinski definition) is 5. The smallest absolute Gasteiger partial charge is 0.273 e. The summed E-state index contributed by atoms with van der Waals surface area (Å²) in [5.41, 5.74) is 0.460. The standard InChI is InChI=1S/C14H14BrN5O/c15-11-3-1-4-16-12(11)13(21)19-7-9-20(10-8-19)14-17-5-2-6-18-14/h1-6H,7-10H2. The summed E-state index contributed by atoms with van der Waals surface area (Å²) in [5.74, 6) is 0.666. The van der Waals surface area contributed by atoms with Gasteiger partial charge in [-0.15, -0.1) is 0 Å². The number of rotatable bonds is 2. The van der Waals surface area contributed by atoms with Crippen LogP contribution in [0.25, 0.3) is 0 Å². The van der Waals surface area contributed by atoms with Crippen LogP contribution in [0, 0.1) is 0 Å². The number of carbonyl (C=O) groups is 1. The Balaban J connectivity index is 1.66. The van der Waals surface area contributed by atoms with Gasteiger partial charge in [-0.25, -0.2) is 15.0 Å². The fourth-order valence-corrected chi connectivity index (χ4v) is 2.68. The maximum Gasteiger partial charge on any atom is 0.273 e. The van der Waals surface area contributed by atoms with E-state index < -0.39 is 0 Å². The van der Waals surface area contributed by atoms with Gasteiger partial charge in [0.1, 0.15) is 5.69 Å². The van der Waals surface area contributed by atoms with Crippen LogP contribution in [-0.4, -0.2) is 51.9 Å². The highest BCUT2D eigenvalue weighted by Gasteiger charge is 2.25. The van der Waals surface area contributed by atoms with Crippen LogP contribution in [0.5, 0.6) is 0 Å². The lowest BCUT2D eigenvalue weighted by Gasteiger charge is -2.34. The van der Waals surface area contributed by atoms with Crippen molar-refractivity contribution in [3.63, 3.8) is 0 Å². The van der Waals surface area contributed by atoms with E-state index in [0.29, 0.717) is 24.7 Å². The maximum atomic E-state index is 12.4. The summed E-state index contributed by atoms with van der Waals surface area (Å²) in [7, 11) is 0. The summed E-state index contributed by atoms with van der Waals surface area (Å²) in [6.45, 7) is 2.72. The molecule has 0 saturated carbocycles. The first kappa shape index (κ1) is 13.9. The normalized spacial score (nSPS) is 15.1. The van der Waals surface area contributed by atoms with E-state index in [9.17, 15) is 4.79 Å². The maximum absolute atomic E-state index is 12.4. The topological polar surface area (TPSA) is 62.2 Å². The highest BCUT2D eigenvalue weighted by Crippen LogP contribution is 2.17. The number of halogens is 1. The van der Waals surface area contributed by atoms with E-state index in [0.717, 1.165) is 17.6 Å². The van der Waals surface area contributed by atoms with E-state index in [2.05, 4.69) is 35.8 Å². The molecule has 1 amide bonds. The molecule has 0 atom stereocenters. The van der Waals surface area contributed by atoms with Crippen molar-refractivity contribution in [1.29, 1.82) is 0 Å². The van der Waals surface area contributed by atoms with Crippen molar-refractivity contribution >= 4 is 27.8 Å². The van der Waals surface area contributed by atoms with Crippen molar-refractivity contribution in [2.45, 2.75) is 0 Å². The second-order valence-electron chi connectivity index (χ2n) is 4.66. The minimum atomic E-state index is -0.0453. The summed E-state index contributed by atoms with van der Waals surface area (Å²) < 4.78 is 0.726. The zero-order chi connectivity index (χ0) is 14.7. The van der Waals surface area contributed by atoms with Gasteiger partial charge in [0.25, 0.3) is 5.91 Å². The van der Waals surface area contributed by atoms with E-state index in [1.165, 1.54) is 0 Å². The lowest BCUT2D eigenvalue weighted by Crippen LogP contribution is -2.49. The molecule has 2 aromatic heterocycles. The number of amides is 1. The molecule has 0 N–H and O–H groups in total. The average molecular weight is 348 g/mol. The van der Waals surface area contributed by atoms with Crippen LogP contribution in [0.1, 0.15) is 10.5 Å². The van der Waals surface area contributed by atoms with Crippen molar-refractivity contribution in [3.8, 4) is 0 Å². The molecule has 1 saturated heterocycles. The molecule has 6 nitrogen and oxygen atoms in total. The Labute approximate surface area is 131 Å². The lowest BCUT2D eigenvalue weighted by atomic mass is 10.2. The average Bonchev–Trinajstić information content (AvgIpc) is 2.56. The highest BCUT2D eigenvalue weighted by atomic mass is 79.9. The molecular formula is C14H14BrN5O. The van der Waals surface area contributed by atoms with E-state index in [-0.39, 0.29) is 5.91 Å². The number of anilines is 1. The molecule has 1 fully saturated rings. The minimum absolute atomic E-state index is 0.0453. The van der Waals surface area contributed by atoms with Crippen LogP contribution < -0.4 is 4.90 Å². The van der Waals surface area contributed by atoms with E-state index in [1.807, 2.05) is 11.0 Å². The van der Waals surface area contributed by atoms with Gasteiger partial charge in [0.15, 0.2) is 0 Å². The molecule has 1 aliphatic rings. The molecule has 3 rings (SSSR count). The van der Waals surface area contributed by atoms with Crippen molar-refractivity contribution in [3.05, 3.63) is 47.0 Å². The molecule has 0 radical (unpaired) electrons. The fourth-order valence-electron chi connectivity index (χ4n) is 2.26. The summed E-state index contributed by atoms with van der Waals surface area (Å²) in [6, 6.07) is 5.42. The van der Waals surface area contributed by atoms with Crippen LogP contribution in [0.2, 0.25) is 0 Å². The zero-order valence-electron chi connectivity index (χ0n) is 11.3. The van der Waals surface area contributed by atoms with Crippen molar-refractivity contribution in [1.82, 2.24) is 19.9 Å². The zero-order valence-corrected chi connectivity index (χ0v) is 12.9. The molecule has 3 heterocycles. The molecule has 2 aromatic rings. The molecule has 108 valence electrons. The van der Waals surface area contributed by atoms with Crippen molar-refractivity contribution in [2.24, 2.45) is 0 Å². The summed E-state index contributed by atoms with van der Waals surface area (Å²) in [5, 5.41) is 0. The molecule has 21 heavy (non-hydrogen) atoms. The van der Waals surface area contributed by atoms with Gasteiger partial charge in [-0.2, -0.15) is 0 Å². The van der Waals surface area contributed by atoms with Gasteiger partial charge in [-0.1, -0.05) is 0 Å². The fraction of sp³-hybridized carbons (Fsp3) is 0.286. The summed E-state index contributed by atoms with van der Waals surface area (Å²) in [4.78, 5) is 29.0. The number of pyridine rings is 1. The number of nitrogens with zero attached hydrogens (tertiary/aromatic N) is 5. The molecule has 0 bridgehead atoms. The lowest BCUT2D eigenvalue weighted by molar-refractivity contribution is 0.0739. The van der Waals surface area contributed by atoms with Crippen LogP contribution in [0.4, 0.5) is 5.95 Å². The quantitative estimate of drug-likeness (QED) is 0.825. The third kappa shape index (κ3) is 3.02. The van der Waals surface area contributed by atoms with Crippen LogP contribution in [0.3, 0.4) is 0 Å². The molecule has 7 heteroatoms. The first-order valence-electron chi connectivity index (χ1n) is 6.67. The van der Waals surface area contributed by atoms with Gasteiger partial charge in [0.05, 0.1) is 0 Å². The number of aromatic nitrogens is 3. The van der Waals surface area contributed by atoms with E-state index in [4.69, 9.17) is 0 Å². The molecule has 1 aliphatic heterocycles. The van der Waals surface area contributed by atoms with Crippen LogP contribution in [-0.2, 0) is 0 Å². The Kier molecular flexibility index (Phi) is 4.10. The third-order valence-electron chi connectivity index (χ3n) is 3.36. The first-order valence-corrected chi connectivity index (χ1v) is 7.47. The third-order valence-corrected chi connectivity index (χ3v) is 4.00. The molecule has 0 aliphatic carbocycles. The Hall–Kier alpha value is -2.02. The molecule has 0 unspecified atom stereocenters. The number of piperazine rings is 1. The predicted molar refractivity (Wildman–Crippen MR) is 82.1 cm³/mol. The van der Waals surface area contributed by atoms with Gasteiger partial charge in [0, 0.05) is 49.2 Å². The van der Waals surface area contributed by atoms with Crippen LogP contribution >= 0.6 is 15.9 Å². The Bertz CT molecular complexity index is 628. The molecule has 0 spiro atoms. The monoisotopic (exact) mass is 347 g/mol.